The summed E-state index contributed by atoms with van der Waals surface area (Å²) in [5.74, 6) is 1.35. The van der Waals surface area contributed by atoms with Gasteiger partial charge in [0.2, 0.25) is 5.91 Å². The largest absolute Gasteiger partial charge is 0.331 e. The zero-order valence-electron chi connectivity index (χ0n) is 12.8. The Labute approximate surface area is 137 Å². The zero-order valence-corrected chi connectivity index (χ0v) is 13.7. The lowest BCUT2D eigenvalue weighted by Crippen LogP contribution is -2.31. The number of carbonyl (C=O) groups excluding carboxylic acids is 1. The molecule has 1 amide bonds. The molecule has 114 valence electrons. The van der Waals surface area contributed by atoms with E-state index in [0.29, 0.717) is 12.3 Å². The van der Waals surface area contributed by atoms with Crippen LogP contribution in [0.2, 0.25) is 0 Å². The fourth-order valence-electron chi connectivity index (χ4n) is 3.12. The van der Waals surface area contributed by atoms with Crippen molar-refractivity contribution in [1.82, 2.24) is 4.90 Å². The predicted molar refractivity (Wildman–Crippen MR) is 93.1 cm³/mol. The molecule has 0 bridgehead atoms. The highest BCUT2D eigenvalue weighted by Crippen LogP contribution is 2.34. The van der Waals surface area contributed by atoms with Gasteiger partial charge in [0.15, 0.2) is 0 Å². The molecule has 2 aromatic carbocycles. The third-order valence-electron chi connectivity index (χ3n) is 4.32. The van der Waals surface area contributed by atoms with Gasteiger partial charge in [-0.25, -0.2) is 0 Å². The number of nitrogens with zero attached hydrogens (tertiary/aromatic N) is 1. The summed E-state index contributed by atoms with van der Waals surface area (Å²) in [5, 5.41) is 0. The van der Waals surface area contributed by atoms with Gasteiger partial charge in [-0.1, -0.05) is 60.2 Å². The molecule has 0 radical (unpaired) electrons. The SMILES string of the molecule is Cc1ccc(C(c2ccccc2)N2CC(CS)CC2=O)cc1. The number of hydrogen-bond donors (Lipinski definition) is 1. The zero-order chi connectivity index (χ0) is 15.5. The Hall–Kier alpha value is -1.74. The van der Waals surface area contributed by atoms with Crippen molar-refractivity contribution < 1.29 is 4.79 Å². The summed E-state index contributed by atoms with van der Waals surface area (Å²) in [6, 6.07) is 18.8. The maximum Gasteiger partial charge on any atom is 0.223 e. The minimum absolute atomic E-state index is 0.000756. The van der Waals surface area contributed by atoms with Gasteiger partial charge >= 0.3 is 0 Å². The van der Waals surface area contributed by atoms with Gasteiger partial charge in [-0.3, -0.25) is 4.79 Å². The van der Waals surface area contributed by atoms with Crippen LogP contribution in [0.1, 0.15) is 29.2 Å². The van der Waals surface area contributed by atoms with Crippen LogP contribution < -0.4 is 0 Å². The van der Waals surface area contributed by atoms with E-state index in [4.69, 9.17) is 0 Å². The number of likely N-dealkylation sites (tertiary alicyclic amines) is 1. The van der Waals surface area contributed by atoms with Crippen LogP contribution in [0.5, 0.6) is 0 Å². The highest BCUT2D eigenvalue weighted by Gasteiger charge is 2.35. The van der Waals surface area contributed by atoms with Crippen LogP contribution in [0, 0.1) is 12.8 Å². The molecular weight excluding hydrogens is 290 g/mol. The molecule has 2 aromatic rings. The quantitative estimate of drug-likeness (QED) is 0.850. The number of aryl methyl sites for hydroxylation is 1. The van der Waals surface area contributed by atoms with Gasteiger partial charge in [-0.05, 0) is 29.7 Å². The molecule has 1 aliphatic rings. The lowest BCUT2D eigenvalue weighted by atomic mass is 9.96. The highest BCUT2D eigenvalue weighted by atomic mass is 32.1. The van der Waals surface area contributed by atoms with Crippen molar-refractivity contribution in [1.29, 1.82) is 0 Å². The van der Waals surface area contributed by atoms with Crippen LogP contribution in [-0.2, 0) is 4.79 Å². The maximum absolute atomic E-state index is 12.5. The second kappa shape index (κ2) is 6.57. The first-order valence-electron chi connectivity index (χ1n) is 7.71. The first-order valence-corrected chi connectivity index (χ1v) is 8.34. The maximum atomic E-state index is 12.5. The van der Waals surface area contributed by atoms with E-state index in [1.807, 2.05) is 23.1 Å². The van der Waals surface area contributed by atoms with Gasteiger partial charge < -0.3 is 4.90 Å². The molecule has 1 saturated heterocycles. The minimum atomic E-state index is -0.000756. The molecule has 2 unspecified atom stereocenters. The molecule has 0 N–H and O–H groups in total. The lowest BCUT2D eigenvalue weighted by Gasteiger charge is -2.29. The van der Waals surface area contributed by atoms with E-state index in [1.165, 1.54) is 16.7 Å². The standard InChI is InChI=1S/C19H21NOS/c1-14-7-9-17(10-8-14)19(16-5-3-2-4-6-16)20-12-15(13-22)11-18(20)21/h2-10,15,19,22H,11-13H2,1H3. The Kier molecular flexibility index (Phi) is 4.53. The fraction of sp³-hybridized carbons (Fsp3) is 0.316. The molecule has 0 spiro atoms. The molecule has 0 aromatic heterocycles. The second-order valence-corrected chi connectivity index (χ2v) is 6.39. The predicted octanol–water partition coefficient (Wildman–Crippen LogP) is 3.86. The summed E-state index contributed by atoms with van der Waals surface area (Å²) in [4.78, 5) is 14.5. The molecule has 1 heterocycles. The smallest absolute Gasteiger partial charge is 0.223 e. The summed E-state index contributed by atoms with van der Waals surface area (Å²) in [5.41, 5.74) is 3.57. The molecule has 1 fully saturated rings. The van der Waals surface area contributed by atoms with Crippen LogP contribution in [0.4, 0.5) is 0 Å². The summed E-state index contributed by atoms with van der Waals surface area (Å²) in [7, 11) is 0. The minimum Gasteiger partial charge on any atom is -0.331 e. The van der Waals surface area contributed by atoms with Crippen molar-refractivity contribution in [2.24, 2.45) is 5.92 Å². The first-order chi connectivity index (χ1) is 10.7. The van der Waals surface area contributed by atoms with E-state index < -0.39 is 0 Å². The Morgan fingerprint density at radius 2 is 1.73 bits per heavy atom. The number of amides is 1. The third-order valence-corrected chi connectivity index (χ3v) is 4.83. The summed E-state index contributed by atoms with van der Waals surface area (Å²) < 4.78 is 0. The summed E-state index contributed by atoms with van der Waals surface area (Å²) >= 11 is 4.37. The molecule has 22 heavy (non-hydrogen) atoms. The molecule has 2 nitrogen and oxygen atoms in total. The van der Waals surface area contributed by atoms with E-state index in [2.05, 4.69) is 56.0 Å². The third kappa shape index (κ3) is 3.05. The Morgan fingerprint density at radius 3 is 2.32 bits per heavy atom. The average Bonchev–Trinajstić information content (AvgIpc) is 2.92. The Bertz CT molecular complexity index is 638. The normalized spacial score (nSPS) is 19.5. The topological polar surface area (TPSA) is 20.3 Å². The van der Waals surface area contributed by atoms with Gasteiger partial charge in [0.1, 0.15) is 0 Å². The van der Waals surface area contributed by atoms with Crippen molar-refractivity contribution in [2.75, 3.05) is 12.3 Å². The van der Waals surface area contributed by atoms with Crippen LogP contribution in [0.15, 0.2) is 54.6 Å². The second-order valence-electron chi connectivity index (χ2n) is 6.02. The van der Waals surface area contributed by atoms with Gasteiger partial charge in [0, 0.05) is 13.0 Å². The number of rotatable bonds is 4. The molecule has 0 saturated carbocycles. The van der Waals surface area contributed by atoms with Crippen LogP contribution in [0.3, 0.4) is 0 Å². The fourth-order valence-corrected chi connectivity index (χ4v) is 3.36. The number of carbonyl (C=O) groups is 1. The summed E-state index contributed by atoms with van der Waals surface area (Å²) in [6.07, 6.45) is 0.610. The summed E-state index contributed by atoms with van der Waals surface area (Å²) in [6.45, 7) is 2.87. The number of benzene rings is 2. The van der Waals surface area contributed by atoms with Crippen molar-refractivity contribution >= 4 is 18.5 Å². The number of thiol groups is 1. The van der Waals surface area contributed by atoms with Crippen LogP contribution in [0.25, 0.3) is 0 Å². The van der Waals surface area contributed by atoms with E-state index in [9.17, 15) is 4.79 Å². The van der Waals surface area contributed by atoms with Gasteiger partial charge in [-0.2, -0.15) is 12.6 Å². The van der Waals surface area contributed by atoms with E-state index in [0.717, 1.165) is 12.3 Å². The first kappa shape index (κ1) is 15.2. The van der Waals surface area contributed by atoms with Crippen LogP contribution >= 0.6 is 12.6 Å². The monoisotopic (exact) mass is 311 g/mol. The molecule has 3 rings (SSSR count). The van der Waals surface area contributed by atoms with Crippen molar-refractivity contribution in [3.8, 4) is 0 Å². The molecule has 2 atom stereocenters. The average molecular weight is 311 g/mol. The van der Waals surface area contributed by atoms with Gasteiger partial charge in [0.05, 0.1) is 6.04 Å². The van der Waals surface area contributed by atoms with Gasteiger partial charge in [0.25, 0.3) is 0 Å². The Balaban J connectivity index is 2.00. The lowest BCUT2D eigenvalue weighted by molar-refractivity contribution is -0.129. The van der Waals surface area contributed by atoms with Crippen molar-refractivity contribution in [3.05, 3.63) is 71.3 Å². The molecule has 1 aliphatic heterocycles. The molecular formula is C19H21NOS. The van der Waals surface area contributed by atoms with Crippen molar-refractivity contribution in [2.45, 2.75) is 19.4 Å². The van der Waals surface area contributed by atoms with Crippen LogP contribution in [-0.4, -0.2) is 23.1 Å². The van der Waals surface area contributed by atoms with Crippen molar-refractivity contribution in [3.63, 3.8) is 0 Å². The van der Waals surface area contributed by atoms with E-state index in [-0.39, 0.29) is 11.9 Å². The molecule has 3 heteroatoms. The highest BCUT2D eigenvalue weighted by molar-refractivity contribution is 7.80. The Morgan fingerprint density at radius 1 is 1.09 bits per heavy atom. The van der Waals surface area contributed by atoms with Gasteiger partial charge in [-0.15, -0.1) is 0 Å². The van der Waals surface area contributed by atoms with E-state index in [1.54, 1.807) is 0 Å². The molecule has 0 aliphatic carbocycles. The van der Waals surface area contributed by atoms with E-state index >= 15 is 0 Å². The number of hydrogen-bond acceptors (Lipinski definition) is 2.